The highest BCUT2D eigenvalue weighted by molar-refractivity contribution is 5.89. The molecule has 1 N–H and O–H groups in total. The summed E-state index contributed by atoms with van der Waals surface area (Å²) >= 11 is 0. The zero-order valence-corrected chi connectivity index (χ0v) is 11.5. The van der Waals surface area contributed by atoms with Crippen LogP contribution in [0.15, 0.2) is 66.2 Å². The molecule has 2 aromatic rings. The normalized spacial score (nSPS) is 23.3. The molecule has 0 bridgehead atoms. The summed E-state index contributed by atoms with van der Waals surface area (Å²) in [5, 5.41) is 10.8. The number of esters is 1. The Morgan fingerprint density at radius 2 is 1.67 bits per heavy atom. The number of benzene rings is 2. The predicted octanol–water partition coefficient (Wildman–Crippen LogP) is 2.60. The lowest BCUT2D eigenvalue weighted by molar-refractivity contribution is -0.151. The third-order valence-electron chi connectivity index (χ3n) is 3.67. The molecular weight excluding hydrogens is 264 g/mol. The van der Waals surface area contributed by atoms with Crippen LogP contribution >= 0.6 is 0 Å². The van der Waals surface area contributed by atoms with Gasteiger partial charge in [-0.3, -0.25) is 0 Å². The molecule has 2 aromatic carbocycles. The van der Waals surface area contributed by atoms with Gasteiger partial charge in [0.05, 0.1) is 0 Å². The van der Waals surface area contributed by atoms with Crippen LogP contribution in [0, 0.1) is 0 Å². The van der Waals surface area contributed by atoms with Gasteiger partial charge in [-0.1, -0.05) is 60.7 Å². The Kier molecular flexibility index (Phi) is 3.59. The summed E-state index contributed by atoms with van der Waals surface area (Å²) in [5.41, 5.74) is 0.870. The number of aliphatic hydroxyl groups is 1. The van der Waals surface area contributed by atoms with E-state index >= 15 is 0 Å². The summed E-state index contributed by atoms with van der Waals surface area (Å²) < 4.78 is 5.07. The van der Waals surface area contributed by atoms with Crippen LogP contribution in [0.1, 0.15) is 11.1 Å². The largest absolute Gasteiger partial charge is 0.459 e. The highest BCUT2D eigenvalue weighted by Crippen LogP contribution is 2.31. The van der Waals surface area contributed by atoms with Crippen LogP contribution in [0.3, 0.4) is 0 Å². The molecule has 1 aliphatic rings. The van der Waals surface area contributed by atoms with Gasteiger partial charge in [0.15, 0.2) is 5.60 Å². The fourth-order valence-electron chi connectivity index (χ4n) is 2.50. The SMILES string of the molecule is O=C1OC/C(=C/c2ccccc2)C1(O)Cc1ccccc1. The number of rotatable bonds is 3. The molecule has 1 fully saturated rings. The Balaban J connectivity index is 1.94. The van der Waals surface area contributed by atoms with Gasteiger partial charge in [-0.2, -0.15) is 0 Å². The Labute approximate surface area is 123 Å². The van der Waals surface area contributed by atoms with Crippen molar-refractivity contribution < 1.29 is 14.6 Å². The van der Waals surface area contributed by atoms with Crippen LogP contribution in [-0.4, -0.2) is 23.3 Å². The van der Waals surface area contributed by atoms with Gasteiger partial charge >= 0.3 is 5.97 Å². The van der Waals surface area contributed by atoms with Gasteiger partial charge in [0.25, 0.3) is 0 Å². The van der Waals surface area contributed by atoms with Crippen molar-refractivity contribution in [2.75, 3.05) is 6.61 Å². The van der Waals surface area contributed by atoms with E-state index in [1.165, 1.54) is 0 Å². The monoisotopic (exact) mass is 280 g/mol. The number of carbonyl (C=O) groups excluding carboxylic acids is 1. The van der Waals surface area contributed by atoms with Gasteiger partial charge in [-0.05, 0) is 17.2 Å². The van der Waals surface area contributed by atoms with Crippen molar-refractivity contribution >= 4 is 12.0 Å². The lowest BCUT2D eigenvalue weighted by Crippen LogP contribution is -2.38. The van der Waals surface area contributed by atoms with Crippen LogP contribution in [0.2, 0.25) is 0 Å². The van der Waals surface area contributed by atoms with Crippen LogP contribution in [0.5, 0.6) is 0 Å². The molecule has 3 heteroatoms. The number of cyclic esters (lactones) is 1. The molecule has 0 aliphatic carbocycles. The molecule has 3 nitrogen and oxygen atoms in total. The summed E-state index contributed by atoms with van der Waals surface area (Å²) in [6.45, 7) is 0.136. The number of ether oxygens (including phenoxy) is 1. The third kappa shape index (κ3) is 2.73. The van der Waals surface area contributed by atoms with Gasteiger partial charge in [-0.15, -0.1) is 0 Å². The molecule has 3 rings (SSSR count). The van der Waals surface area contributed by atoms with E-state index in [0.29, 0.717) is 5.57 Å². The number of carbonyl (C=O) groups is 1. The molecule has 0 radical (unpaired) electrons. The molecular formula is C18H16O3. The number of hydrogen-bond acceptors (Lipinski definition) is 3. The highest BCUT2D eigenvalue weighted by Gasteiger charge is 2.47. The molecule has 106 valence electrons. The second-order valence-electron chi connectivity index (χ2n) is 5.18. The maximum Gasteiger partial charge on any atom is 0.343 e. The highest BCUT2D eigenvalue weighted by atomic mass is 16.6. The first kappa shape index (κ1) is 13.6. The first-order chi connectivity index (χ1) is 10.2. The zero-order valence-electron chi connectivity index (χ0n) is 11.5. The van der Waals surface area contributed by atoms with E-state index in [1.54, 1.807) is 0 Å². The van der Waals surface area contributed by atoms with E-state index in [9.17, 15) is 9.90 Å². The van der Waals surface area contributed by atoms with E-state index in [4.69, 9.17) is 4.74 Å². The molecule has 1 atom stereocenters. The van der Waals surface area contributed by atoms with Crippen molar-refractivity contribution in [3.05, 3.63) is 77.4 Å². The number of hydrogen-bond donors (Lipinski definition) is 1. The average Bonchev–Trinajstić information content (AvgIpc) is 2.78. The molecule has 0 amide bonds. The fourth-order valence-corrected chi connectivity index (χ4v) is 2.50. The lowest BCUT2D eigenvalue weighted by Gasteiger charge is -2.20. The van der Waals surface area contributed by atoms with E-state index < -0.39 is 11.6 Å². The van der Waals surface area contributed by atoms with Crippen molar-refractivity contribution in [1.29, 1.82) is 0 Å². The van der Waals surface area contributed by atoms with Crippen LogP contribution in [0.25, 0.3) is 6.08 Å². The molecule has 1 heterocycles. The van der Waals surface area contributed by atoms with E-state index in [2.05, 4.69) is 0 Å². The van der Waals surface area contributed by atoms with Crippen LogP contribution < -0.4 is 0 Å². The van der Waals surface area contributed by atoms with E-state index in [-0.39, 0.29) is 13.0 Å². The van der Waals surface area contributed by atoms with Gasteiger partial charge in [0, 0.05) is 12.0 Å². The van der Waals surface area contributed by atoms with Crippen molar-refractivity contribution in [1.82, 2.24) is 0 Å². The minimum Gasteiger partial charge on any atom is -0.459 e. The smallest absolute Gasteiger partial charge is 0.343 e. The minimum atomic E-state index is -1.57. The van der Waals surface area contributed by atoms with Gasteiger partial charge in [0.2, 0.25) is 0 Å². The lowest BCUT2D eigenvalue weighted by atomic mass is 9.88. The summed E-state index contributed by atoms with van der Waals surface area (Å²) in [6, 6.07) is 19.1. The average molecular weight is 280 g/mol. The summed E-state index contributed by atoms with van der Waals surface area (Å²) in [7, 11) is 0. The van der Waals surface area contributed by atoms with Crippen LogP contribution in [-0.2, 0) is 16.0 Å². The second-order valence-corrected chi connectivity index (χ2v) is 5.18. The van der Waals surface area contributed by atoms with Crippen LogP contribution in [0.4, 0.5) is 0 Å². The van der Waals surface area contributed by atoms with Crippen molar-refractivity contribution in [2.45, 2.75) is 12.0 Å². The fraction of sp³-hybridized carbons (Fsp3) is 0.167. The molecule has 0 aromatic heterocycles. The second kappa shape index (κ2) is 5.54. The van der Waals surface area contributed by atoms with Crippen molar-refractivity contribution in [2.24, 2.45) is 0 Å². The molecule has 21 heavy (non-hydrogen) atoms. The van der Waals surface area contributed by atoms with Crippen molar-refractivity contribution in [3.8, 4) is 0 Å². The zero-order chi connectivity index (χ0) is 14.7. The molecule has 1 saturated heterocycles. The first-order valence-corrected chi connectivity index (χ1v) is 6.88. The molecule has 1 aliphatic heterocycles. The minimum absolute atomic E-state index is 0.136. The standard InChI is InChI=1S/C18H16O3/c19-17-18(20,12-15-9-5-2-6-10-15)16(13-21-17)11-14-7-3-1-4-8-14/h1-11,20H,12-13H2/b16-11-. The quantitative estimate of drug-likeness (QED) is 0.879. The maximum atomic E-state index is 12.0. The Bertz CT molecular complexity index is 661. The van der Waals surface area contributed by atoms with E-state index in [0.717, 1.165) is 11.1 Å². The Hall–Kier alpha value is -2.39. The topological polar surface area (TPSA) is 46.5 Å². The summed E-state index contributed by atoms with van der Waals surface area (Å²) in [4.78, 5) is 12.0. The third-order valence-corrected chi connectivity index (χ3v) is 3.67. The summed E-state index contributed by atoms with van der Waals surface area (Å²) in [6.07, 6.45) is 2.05. The Morgan fingerprint density at radius 1 is 1.05 bits per heavy atom. The van der Waals surface area contributed by atoms with E-state index in [1.807, 2.05) is 66.7 Å². The maximum absolute atomic E-state index is 12.0. The van der Waals surface area contributed by atoms with Crippen molar-refractivity contribution in [3.63, 3.8) is 0 Å². The van der Waals surface area contributed by atoms with Gasteiger partial charge in [0.1, 0.15) is 6.61 Å². The first-order valence-electron chi connectivity index (χ1n) is 6.88. The molecule has 0 saturated carbocycles. The molecule has 0 spiro atoms. The summed E-state index contributed by atoms with van der Waals surface area (Å²) in [5.74, 6) is -0.575. The van der Waals surface area contributed by atoms with Gasteiger partial charge in [-0.25, -0.2) is 4.79 Å². The predicted molar refractivity (Wildman–Crippen MR) is 80.5 cm³/mol. The van der Waals surface area contributed by atoms with Gasteiger partial charge < -0.3 is 9.84 Å². The Morgan fingerprint density at radius 3 is 2.33 bits per heavy atom. The molecule has 1 unspecified atom stereocenters.